The molecule has 0 aliphatic carbocycles. The minimum atomic E-state index is -0.939. The molecule has 1 saturated heterocycles. The van der Waals surface area contributed by atoms with Gasteiger partial charge in [-0.2, -0.15) is 0 Å². The molecule has 0 bridgehead atoms. The molecule has 11 nitrogen and oxygen atoms in total. The Kier molecular flexibility index (Phi) is 29.7. The third kappa shape index (κ3) is 24.5. The van der Waals surface area contributed by atoms with Crippen LogP contribution in [-0.2, 0) is 14.2 Å². The van der Waals surface area contributed by atoms with Crippen LogP contribution < -0.4 is 103 Å². The van der Waals surface area contributed by atoms with Crippen molar-refractivity contribution in [2.75, 3.05) is 0 Å². The molecule has 3 amide bonds. The van der Waals surface area contributed by atoms with Crippen LogP contribution in [0.4, 0.5) is 19.2 Å². The standard InChI is InChI=1S/C12H25NO2.C12H22O3.2CH4NOP.2K.H2N/c1-8(11(2,3)4)9(12(5,6)7)15-10(13)14;1-10(2,3)8-12(7,11(4,5)6)15-9(13)14-8;2*2-1(3)4;;;/h8-9H,1-7H3,(H2,13,14);8H,1-7H3;2*4H2,(H2,2,3);;;1H2/q;;;;2*+1;-1/p-3/t8-,9?;8?,12-;;;;;/m10...../s1. The normalized spacial score (nSPS) is 19.3. The Morgan fingerprint density at radius 2 is 1.15 bits per heavy atom. The molecule has 1 aliphatic rings. The van der Waals surface area contributed by atoms with E-state index in [1.165, 1.54) is 0 Å². The maximum absolute atomic E-state index is 11.3. The van der Waals surface area contributed by atoms with Crippen molar-refractivity contribution in [1.82, 2.24) is 0 Å². The summed E-state index contributed by atoms with van der Waals surface area (Å²) in [6, 6.07) is 0. The first kappa shape index (κ1) is 55.0. The van der Waals surface area contributed by atoms with Crippen LogP contribution in [0.25, 0.3) is 23.4 Å². The van der Waals surface area contributed by atoms with Crippen LogP contribution in [0, 0.1) is 27.6 Å². The zero-order chi connectivity index (χ0) is 31.7. The average Bonchev–Trinajstić information content (AvgIpc) is 2.93. The third-order valence-electron chi connectivity index (χ3n) is 6.19. The molecule has 15 heteroatoms. The van der Waals surface area contributed by atoms with Crippen LogP contribution in [0.5, 0.6) is 0 Å². The summed E-state index contributed by atoms with van der Waals surface area (Å²) in [5, 5.41) is 0. The Labute approximate surface area is 339 Å². The second-order valence-corrected chi connectivity index (χ2v) is 14.7. The minimum absolute atomic E-state index is 0. The molecule has 41 heavy (non-hydrogen) atoms. The number of amides is 3. The zero-order valence-electron chi connectivity index (χ0n) is 28.3. The summed E-state index contributed by atoms with van der Waals surface area (Å²) < 4.78 is 15.8. The Hall–Kier alpha value is 1.57. The second kappa shape index (κ2) is 22.2. The fourth-order valence-corrected chi connectivity index (χ4v) is 3.61. The molecule has 0 aromatic rings. The van der Waals surface area contributed by atoms with Crippen LogP contribution in [-0.4, -0.2) is 41.4 Å². The van der Waals surface area contributed by atoms with Crippen LogP contribution in [0.15, 0.2) is 0 Å². The number of rotatable bonds is 2. The van der Waals surface area contributed by atoms with Crippen molar-refractivity contribution in [2.45, 2.75) is 115 Å². The number of hydrogen-bond donors (Lipinski definition) is 0. The van der Waals surface area contributed by atoms with Gasteiger partial charge in [0.1, 0.15) is 6.10 Å². The molecule has 4 unspecified atom stereocenters. The Morgan fingerprint density at radius 1 is 0.829 bits per heavy atom. The van der Waals surface area contributed by atoms with Gasteiger partial charge < -0.3 is 47.2 Å². The summed E-state index contributed by atoms with van der Waals surface area (Å²) in [4.78, 5) is 40.2. The van der Waals surface area contributed by atoms with Crippen LogP contribution in [0.3, 0.4) is 0 Å². The van der Waals surface area contributed by atoms with Crippen LogP contribution in [0.2, 0.25) is 0 Å². The number of ether oxygens (including phenoxy) is 3. The van der Waals surface area contributed by atoms with Crippen molar-refractivity contribution in [3.63, 3.8) is 0 Å². The number of nitrogens with one attached hydrogen (secondary N) is 3. The third-order valence-corrected chi connectivity index (χ3v) is 6.19. The first-order chi connectivity index (χ1) is 16.4. The van der Waals surface area contributed by atoms with E-state index in [0.29, 0.717) is 0 Å². The molecule has 0 radical (unpaired) electrons. The predicted molar refractivity (Wildman–Crippen MR) is 165 cm³/mol. The van der Waals surface area contributed by atoms with Crippen LogP contribution >= 0.6 is 18.5 Å². The molecule has 0 aromatic carbocycles. The van der Waals surface area contributed by atoms with Gasteiger partial charge in [0.15, 0.2) is 11.7 Å². The molecular weight excluding hydrogens is 620 g/mol. The summed E-state index contributed by atoms with van der Waals surface area (Å²) in [7, 11) is 3.37. The van der Waals surface area contributed by atoms with Gasteiger partial charge in [-0.3, -0.25) is 4.79 Å². The molecule has 1 heterocycles. The average molecular weight is 675 g/mol. The van der Waals surface area contributed by atoms with Gasteiger partial charge in [-0.1, -0.05) is 108 Å². The van der Waals surface area contributed by atoms with Crippen molar-refractivity contribution in [2.24, 2.45) is 27.6 Å². The van der Waals surface area contributed by atoms with E-state index in [1.54, 1.807) is 18.5 Å². The quantitative estimate of drug-likeness (QED) is 0.234. The maximum Gasteiger partial charge on any atom is 1.00 e. The van der Waals surface area contributed by atoms with Crippen molar-refractivity contribution < 1.29 is 136 Å². The van der Waals surface area contributed by atoms with Crippen LogP contribution in [0.1, 0.15) is 96.9 Å². The predicted octanol–water partition coefficient (Wildman–Crippen LogP) is 4.44. The smallest absolute Gasteiger partial charge is 0.693 e. The molecule has 1 aliphatic heterocycles. The molecule has 1 rings (SSSR count). The fraction of sp³-hybridized carbons (Fsp3) is 0.846. The number of carbonyl (C=O) groups excluding carboxylic acids is 4. The van der Waals surface area contributed by atoms with Gasteiger partial charge in [-0.15, -0.1) is 0 Å². The van der Waals surface area contributed by atoms with E-state index >= 15 is 0 Å². The van der Waals surface area contributed by atoms with E-state index in [-0.39, 0.29) is 149 Å². The molecule has 234 valence electrons. The minimum Gasteiger partial charge on any atom is -0.693 e. The van der Waals surface area contributed by atoms with E-state index < -0.39 is 29.1 Å². The van der Waals surface area contributed by atoms with E-state index in [1.807, 2.05) is 27.7 Å². The topological polar surface area (TPSA) is 201 Å². The van der Waals surface area contributed by atoms with Crippen molar-refractivity contribution in [3.05, 3.63) is 23.4 Å². The van der Waals surface area contributed by atoms with Crippen molar-refractivity contribution in [3.8, 4) is 0 Å². The molecule has 0 saturated carbocycles. The van der Waals surface area contributed by atoms with Crippen molar-refractivity contribution >= 4 is 42.0 Å². The molecule has 6 atom stereocenters. The largest absolute Gasteiger partial charge is 1.00 e. The van der Waals surface area contributed by atoms with Gasteiger partial charge in [-0.05, 0) is 23.7 Å². The van der Waals surface area contributed by atoms with Gasteiger partial charge in [0.05, 0.1) is 11.3 Å². The van der Waals surface area contributed by atoms with Gasteiger partial charge in [0.25, 0.3) is 0 Å². The fourth-order valence-electron chi connectivity index (χ4n) is 3.61. The summed E-state index contributed by atoms with van der Waals surface area (Å²) >= 11 is 0. The molecule has 0 aromatic heterocycles. The first-order valence-electron chi connectivity index (χ1n) is 12.2. The van der Waals surface area contributed by atoms with E-state index in [9.17, 15) is 9.59 Å². The maximum atomic E-state index is 11.3. The zero-order valence-corrected chi connectivity index (χ0v) is 36.9. The molecular formula is C26H54K2N4O7P2-2. The van der Waals surface area contributed by atoms with Gasteiger partial charge in [0.2, 0.25) is 6.09 Å². The van der Waals surface area contributed by atoms with Gasteiger partial charge in [-0.25, -0.2) is 4.79 Å². The van der Waals surface area contributed by atoms with E-state index in [2.05, 4.69) is 69.2 Å². The number of hydrogen-bond acceptors (Lipinski definition) is 7. The Bertz CT molecular complexity index is 790. The second-order valence-electron chi connectivity index (χ2n) is 13.6. The van der Waals surface area contributed by atoms with Crippen molar-refractivity contribution in [1.29, 1.82) is 0 Å². The van der Waals surface area contributed by atoms with Gasteiger partial charge in [0, 0.05) is 10.8 Å². The first-order valence-corrected chi connectivity index (χ1v) is 13.4. The van der Waals surface area contributed by atoms with E-state index in [0.717, 1.165) is 0 Å². The Balaban J connectivity index is -0.000000112. The molecule has 1 fully saturated rings. The number of carbonyl (C=O) groups is 4. The summed E-state index contributed by atoms with van der Waals surface area (Å²) in [5.74, 6) is 0.215. The Morgan fingerprint density at radius 3 is 1.32 bits per heavy atom. The summed E-state index contributed by atoms with van der Waals surface area (Å²) in [6.45, 7) is 28.8. The monoisotopic (exact) mass is 674 g/mol. The van der Waals surface area contributed by atoms with Gasteiger partial charge >= 0.3 is 109 Å². The summed E-state index contributed by atoms with van der Waals surface area (Å²) in [5.41, 5.74) is 16.5. The number of cyclic esters (lactones) is 2. The summed E-state index contributed by atoms with van der Waals surface area (Å²) in [6.07, 6.45) is -1.92. The SMILES string of the molecule is CC(C)(C)C1OC(=O)O[C@]1(C)C(C)(C)C.C[C@H](C(OC([NH-])=O)C(C)(C)C)C(C)(C)C.[K+].[K+].[NH-]C(=O)P.[NH-]C(=O)P.[NH2-]. The molecule has 0 spiro atoms. The molecule has 5 N–H and O–H groups in total. The number of nitrogens with two attached hydrogens (primary N) is 1. The van der Waals surface area contributed by atoms with E-state index in [4.69, 9.17) is 41.0 Å².